The fourth-order valence-corrected chi connectivity index (χ4v) is 2.42. The molecule has 1 unspecified atom stereocenters. The number of hydrogen-bond acceptors (Lipinski definition) is 3. The fourth-order valence-electron chi connectivity index (χ4n) is 2.42. The van der Waals surface area contributed by atoms with Crippen molar-refractivity contribution in [3.05, 3.63) is 18.0 Å². The van der Waals surface area contributed by atoms with E-state index in [1.54, 1.807) is 6.20 Å². The van der Waals surface area contributed by atoms with Crippen molar-refractivity contribution in [2.75, 3.05) is 13.1 Å². The van der Waals surface area contributed by atoms with Crippen LogP contribution in [0.3, 0.4) is 0 Å². The monoisotopic (exact) mass is 250 g/mol. The van der Waals surface area contributed by atoms with Crippen molar-refractivity contribution in [2.45, 2.75) is 38.6 Å². The van der Waals surface area contributed by atoms with E-state index < -0.39 is 0 Å². The van der Waals surface area contributed by atoms with Crippen molar-refractivity contribution in [3.8, 4) is 0 Å². The van der Waals surface area contributed by atoms with Crippen LogP contribution in [0.2, 0.25) is 0 Å². The highest BCUT2D eigenvalue weighted by molar-refractivity contribution is 5.82. The number of H-pyrrole nitrogens is 1. The molecule has 1 aromatic rings. The maximum Gasteiger partial charge on any atom is 0.239 e. The van der Waals surface area contributed by atoms with Crippen molar-refractivity contribution in [1.82, 2.24) is 15.1 Å². The number of amides is 1. The van der Waals surface area contributed by atoms with Crippen LogP contribution >= 0.6 is 0 Å². The molecule has 0 spiro atoms. The maximum absolute atomic E-state index is 12.2. The van der Waals surface area contributed by atoms with E-state index in [0.717, 1.165) is 31.6 Å². The largest absolute Gasteiger partial charge is 0.341 e. The fraction of sp³-hybridized carbons (Fsp3) is 0.692. The first kappa shape index (κ1) is 13.1. The van der Waals surface area contributed by atoms with Crippen molar-refractivity contribution in [3.63, 3.8) is 0 Å². The van der Waals surface area contributed by atoms with Gasteiger partial charge >= 0.3 is 0 Å². The molecule has 0 aliphatic carbocycles. The van der Waals surface area contributed by atoms with Crippen LogP contribution in [0.1, 0.15) is 38.3 Å². The molecular formula is C13H22N4O. The first-order chi connectivity index (χ1) is 8.59. The quantitative estimate of drug-likeness (QED) is 0.843. The molecule has 1 fully saturated rings. The lowest BCUT2D eigenvalue weighted by atomic mass is 9.93. The molecule has 1 saturated heterocycles. The van der Waals surface area contributed by atoms with Gasteiger partial charge in [0.25, 0.3) is 0 Å². The van der Waals surface area contributed by atoms with Gasteiger partial charge < -0.3 is 10.6 Å². The first-order valence-electron chi connectivity index (χ1n) is 6.63. The summed E-state index contributed by atoms with van der Waals surface area (Å²) in [7, 11) is 0. The van der Waals surface area contributed by atoms with Crippen LogP contribution in [0.25, 0.3) is 0 Å². The summed E-state index contributed by atoms with van der Waals surface area (Å²) < 4.78 is 0. The number of carbonyl (C=O) groups excluding carboxylic acids is 1. The molecule has 100 valence electrons. The molecule has 1 aliphatic heterocycles. The molecule has 1 aliphatic rings. The summed E-state index contributed by atoms with van der Waals surface area (Å²) in [5.41, 5.74) is 7.06. The van der Waals surface area contributed by atoms with Gasteiger partial charge in [0, 0.05) is 30.9 Å². The maximum atomic E-state index is 12.2. The molecule has 0 aromatic carbocycles. The van der Waals surface area contributed by atoms with Gasteiger partial charge in [-0.15, -0.1) is 0 Å². The third-order valence-electron chi connectivity index (χ3n) is 3.70. The Morgan fingerprint density at radius 2 is 2.39 bits per heavy atom. The number of hydrogen-bond donors (Lipinski definition) is 2. The topological polar surface area (TPSA) is 75.0 Å². The number of rotatable bonds is 3. The molecule has 0 radical (unpaired) electrons. The molecule has 2 heterocycles. The Morgan fingerprint density at radius 1 is 1.61 bits per heavy atom. The van der Waals surface area contributed by atoms with Crippen molar-refractivity contribution in [1.29, 1.82) is 0 Å². The Labute approximate surface area is 108 Å². The Hall–Kier alpha value is -1.36. The smallest absolute Gasteiger partial charge is 0.239 e. The molecule has 0 saturated carbocycles. The van der Waals surface area contributed by atoms with E-state index in [9.17, 15) is 4.79 Å². The van der Waals surface area contributed by atoms with E-state index in [2.05, 4.69) is 10.2 Å². The number of aromatic nitrogens is 2. The molecule has 5 nitrogen and oxygen atoms in total. The molecule has 1 amide bonds. The summed E-state index contributed by atoms with van der Waals surface area (Å²) in [6.07, 6.45) is 3.89. The second-order valence-corrected chi connectivity index (χ2v) is 5.41. The van der Waals surface area contributed by atoms with Crippen LogP contribution in [0.5, 0.6) is 0 Å². The average Bonchev–Trinajstić information content (AvgIpc) is 2.91. The van der Waals surface area contributed by atoms with E-state index in [4.69, 9.17) is 5.73 Å². The van der Waals surface area contributed by atoms with E-state index in [0.29, 0.717) is 5.92 Å². The lowest BCUT2D eigenvalue weighted by molar-refractivity contribution is -0.134. The SMILES string of the molecule is CC(C)[C@H](N)C(=O)N1CCCC(c2ccn[nH]2)C1. The molecular weight excluding hydrogens is 228 g/mol. The number of nitrogens with zero attached hydrogens (tertiary/aromatic N) is 2. The van der Waals surface area contributed by atoms with Gasteiger partial charge in [0.2, 0.25) is 5.91 Å². The van der Waals surface area contributed by atoms with Gasteiger partial charge in [0.15, 0.2) is 0 Å². The van der Waals surface area contributed by atoms with E-state index in [-0.39, 0.29) is 17.9 Å². The standard InChI is InChI=1S/C13H22N4O/c1-9(2)12(14)13(18)17-7-3-4-10(8-17)11-5-6-15-16-11/h5-6,9-10,12H,3-4,7-8,14H2,1-2H3,(H,15,16)/t10?,12-/m0/s1. The third kappa shape index (κ3) is 2.72. The van der Waals surface area contributed by atoms with Crippen LogP contribution in [0.4, 0.5) is 0 Å². The number of nitrogens with one attached hydrogen (secondary N) is 1. The van der Waals surface area contributed by atoms with Gasteiger partial charge in [0.05, 0.1) is 6.04 Å². The first-order valence-corrected chi connectivity index (χ1v) is 6.63. The van der Waals surface area contributed by atoms with Crippen LogP contribution in [-0.2, 0) is 4.79 Å². The number of nitrogens with two attached hydrogens (primary N) is 1. The van der Waals surface area contributed by atoms with Gasteiger partial charge in [-0.05, 0) is 24.8 Å². The molecule has 2 atom stereocenters. The lowest BCUT2D eigenvalue weighted by Crippen LogP contribution is -2.49. The van der Waals surface area contributed by atoms with Crippen molar-refractivity contribution in [2.24, 2.45) is 11.7 Å². The highest BCUT2D eigenvalue weighted by Gasteiger charge is 2.29. The van der Waals surface area contributed by atoms with Gasteiger partial charge in [-0.2, -0.15) is 5.10 Å². The summed E-state index contributed by atoms with van der Waals surface area (Å²) in [5, 5.41) is 6.98. The predicted octanol–water partition coefficient (Wildman–Crippen LogP) is 1.10. The normalized spacial score (nSPS) is 22.2. The van der Waals surface area contributed by atoms with Crippen molar-refractivity contribution >= 4 is 5.91 Å². The minimum absolute atomic E-state index is 0.0780. The number of piperidine rings is 1. The summed E-state index contributed by atoms with van der Waals surface area (Å²) in [6, 6.07) is 1.60. The second-order valence-electron chi connectivity index (χ2n) is 5.41. The zero-order valence-corrected chi connectivity index (χ0v) is 11.1. The van der Waals surface area contributed by atoms with Crippen LogP contribution in [0, 0.1) is 5.92 Å². The molecule has 5 heteroatoms. The van der Waals surface area contributed by atoms with Crippen LogP contribution in [-0.4, -0.2) is 40.1 Å². The van der Waals surface area contributed by atoms with Gasteiger partial charge in [-0.25, -0.2) is 0 Å². The van der Waals surface area contributed by atoms with Gasteiger partial charge in [0.1, 0.15) is 0 Å². The lowest BCUT2D eigenvalue weighted by Gasteiger charge is -2.34. The summed E-state index contributed by atoms with van der Waals surface area (Å²) in [4.78, 5) is 14.1. The van der Waals surface area contributed by atoms with Crippen LogP contribution < -0.4 is 5.73 Å². The molecule has 1 aromatic heterocycles. The summed E-state index contributed by atoms with van der Waals surface area (Å²) >= 11 is 0. The average molecular weight is 250 g/mol. The zero-order valence-electron chi connectivity index (χ0n) is 11.1. The Morgan fingerprint density at radius 3 is 3.00 bits per heavy atom. The highest BCUT2D eigenvalue weighted by Crippen LogP contribution is 2.25. The van der Waals surface area contributed by atoms with Gasteiger partial charge in [-0.3, -0.25) is 9.89 Å². The van der Waals surface area contributed by atoms with Crippen molar-refractivity contribution < 1.29 is 4.79 Å². The number of carbonyl (C=O) groups is 1. The van der Waals surface area contributed by atoms with E-state index >= 15 is 0 Å². The van der Waals surface area contributed by atoms with E-state index in [1.165, 1.54) is 0 Å². The zero-order chi connectivity index (χ0) is 13.1. The number of likely N-dealkylation sites (tertiary alicyclic amines) is 1. The molecule has 0 bridgehead atoms. The van der Waals surface area contributed by atoms with Crippen LogP contribution in [0.15, 0.2) is 12.3 Å². The summed E-state index contributed by atoms with van der Waals surface area (Å²) in [5.74, 6) is 0.629. The van der Waals surface area contributed by atoms with E-state index in [1.807, 2.05) is 24.8 Å². The third-order valence-corrected chi connectivity index (χ3v) is 3.70. The minimum atomic E-state index is -0.384. The summed E-state index contributed by atoms with van der Waals surface area (Å²) in [6.45, 7) is 5.54. The molecule has 2 rings (SSSR count). The molecule has 3 N–H and O–H groups in total. The predicted molar refractivity (Wildman–Crippen MR) is 70.0 cm³/mol. The second kappa shape index (κ2) is 5.52. The highest BCUT2D eigenvalue weighted by atomic mass is 16.2. The molecule has 18 heavy (non-hydrogen) atoms. The van der Waals surface area contributed by atoms with Gasteiger partial charge in [-0.1, -0.05) is 13.8 Å². The Kier molecular flexibility index (Phi) is 4.01. The Bertz CT molecular complexity index is 388. The Balaban J connectivity index is 2.01. The number of aromatic amines is 1. The minimum Gasteiger partial charge on any atom is -0.341 e.